The quantitative estimate of drug-likeness (QED) is 0.173. The van der Waals surface area contributed by atoms with Crippen molar-refractivity contribution in [2.24, 2.45) is 0 Å². The maximum atomic E-state index is 9.16. The van der Waals surface area contributed by atoms with E-state index >= 15 is 0 Å². The number of nitrogens with zero attached hydrogens (tertiary/aromatic N) is 4. The molecule has 1 aliphatic rings. The molecule has 4 heterocycles. The van der Waals surface area contributed by atoms with Crippen LogP contribution in [0.3, 0.4) is 0 Å². The summed E-state index contributed by atoms with van der Waals surface area (Å²) in [5.41, 5.74) is 4.61. The minimum absolute atomic E-state index is 0.00635. The van der Waals surface area contributed by atoms with E-state index in [1.165, 1.54) is 16.7 Å². The molecule has 0 saturated carbocycles. The number of aromatic nitrogens is 3. The topological polar surface area (TPSA) is 35.2 Å². The Morgan fingerprint density at radius 1 is 0.571 bits per heavy atom. The molecule has 0 bridgehead atoms. The Kier molecular flexibility index (Phi) is 5.59. The van der Waals surface area contributed by atoms with Gasteiger partial charge in [0.05, 0.1) is 40.1 Å². The molecule has 63 heavy (non-hydrogen) atoms. The number of anilines is 2. The first kappa shape index (κ1) is 24.5. The first-order valence-electron chi connectivity index (χ1n) is 28.0. The molecule has 0 saturated heterocycles. The van der Waals surface area contributed by atoms with Crippen molar-refractivity contribution in [2.75, 3.05) is 4.90 Å². The van der Waals surface area contributed by atoms with E-state index in [0.717, 1.165) is 72.4 Å². The van der Waals surface area contributed by atoms with E-state index < -0.39 is 67.6 Å². The highest BCUT2D eigenvalue weighted by Gasteiger charge is 2.25. The van der Waals surface area contributed by atoms with E-state index in [9.17, 15) is 0 Å². The molecule has 0 radical (unpaired) electrons. The lowest BCUT2D eigenvalue weighted by Gasteiger charge is -2.21. The van der Waals surface area contributed by atoms with Gasteiger partial charge in [0, 0.05) is 59.3 Å². The third-order valence-electron chi connectivity index (χ3n) is 12.1. The molecule has 1 aliphatic heterocycles. The minimum atomic E-state index is -2.96. The van der Waals surface area contributed by atoms with Crippen LogP contribution < -0.4 is 9.64 Å². The van der Waals surface area contributed by atoms with Crippen molar-refractivity contribution in [3.8, 4) is 28.4 Å². The van der Waals surface area contributed by atoms with Gasteiger partial charge in [-0.1, -0.05) is 133 Å². The number of ether oxygens (including phenoxy) is 1. The van der Waals surface area contributed by atoms with E-state index in [1.54, 1.807) is 24.3 Å². The van der Waals surface area contributed by atoms with Crippen LogP contribution in [0.2, 0.25) is 0 Å². The molecule has 3 aromatic heterocycles. The number of para-hydroxylation sites is 3. The molecule has 0 amide bonds. The van der Waals surface area contributed by atoms with Crippen molar-refractivity contribution in [3.63, 3.8) is 0 Å². The summed E-state index contributed by atoms with van der Waals surface area (Å²) in [6, 6.07) is 33.0. The second-order valence-electron chi connectivity index (χ2n) is 15.8. The molecular weight excluding hydrogens is 769 g/mol. The van der Waals surface area contributed by atoms with Crippen LogP contribution in [0.1, 0.15) is 42.8 Å². The van der Waals surface area contributed by atoms with Gasteiger partial charge in [-0.15, -0.1) is 0 Å². The third kappa shape index (κ3) is 5.88. The molecule has 0 unspecified atom stereocenters. The van der Waals surface area contributed by atoms with Gasteiger partial charge in [-0.05, 0) is 108 Å². The zero-order valence-electron chi connectivity index (χ0n) is 49.0. The molecule has 0 N–H and O–H groups in total. The van der Waals surface area contributed by atoms with Crippen molar-refractivity contribution in [3.05, 3.63) is 204 Å². The fourth-order valence-electron chi connectivity index (χ4n) is 9.28. The lowest BCUT2D eigenvalue weighted by molar-refractivity contribution is 0.479. The Bertz CT molecular complexity index is 4490. The molecule has 11 aromatic rings. The van der Waals surface area contributed by atoms with Crippen LogP contribution in [-0.4, -0.2) is 14.1 Å². The Morgan fingerprint density at radius 3 is 2.17 bits per heavy atom. The van der Waals surface area contributed by atoms with Crippen LogP contribution in [0.25, 0.3) is 82.1 Å². The predicted molar refractivity (Wildman–Crippen MR) is 264 cm³/mol. The number of hydrogen-bond donors (Lipinski definition) is 0. The van der Waals surface area contributed by atoms with Gasteiger partial charge in [0.1, 0.15) is 24.0 Å². The van der Waals surface area contributed by atoms with Crippen LogP contribution in [-0.2, 0) is 6.67 Å². The zero-order chi connectivity index (χ0) is 55.2. The van der Waals surface area contributed by atoms with Gasteiger partial charge in [0.15, 0.2) is 0 Å². The molecule has 0 aliphatic carbocycles. The SMILES string of the molecule is [2H]c1c([2H])c([2H])c(-c2cnc(-n3c4cc(Oc5cc(N6Cn7c8c(C)cccc8c8cc(C)ccc8c8ccccc8c8cccc6c87)ccc5C([2H])([2H])[2H])ccc4c4c([2H])c([2H])c([2H])c([2H])c43)cc2C([2H])([2H])[2H])c([2H])c1[2H]. The van der Waals surface area contributed by atoms with Crippen molar-refractivity contribution >= 4 is 76.5 Å². The van der Waals surface area contributed by atoms with Gasteiger partial charge in [-0.2, -0.15) is 0 Å². The lowest BCUT2D eigenvalue weighted by atomic mass is 9.99. The van der Waals surface area contributed by atoms with E-state index in [2.05, 4.69) is 89.0 Å². The summed E-state index contributed by atoms with van der Waals surface area (Å²) >= 11 is 0. The van der Waals surface area contributed by atoms with E-state index in [-0.39, 0.29) is 56.5 Å². The highest BCUT2D eigenvalue weighted by atomic mass is 16.5. The van der Waals surface area contributed by atoms with Crippen molar-refractivity contribution < 1.29 is 25.3 Å². The van der Waals surface area contributed by atoms with Crippen LogP contribution in [0.15, 0.2) is 182 Å². The van der Waals surface area contributed by atoms with Crippen LogP contribution >= 0.6 is 0 Å². The van der Waals surface area contributed by atoms with E-state index in [0.29, 0.717) is 17.7 Å². The minimum Gasteiger partial charge on any atom is -0.457 e. The summed E-state index contributed by atoms with van der Waals surface area (Å²) in [4.78, 5) is 6.70. The predicted octanol–water partition coefficient (Wildman–Crippen LogP) is 15.5. The molecular formula is C58H44N4O. The average molecular weight is 828 g/mol. The van der Waals surface area contributed by atoms with Gasteiger partial charge < -0.3 is 14.2 Å². The second-order valence-corrected chi connectivity index (χ2v) is 15.8. The van der Waals surface area contributed by atoms with Crippen molar-refractivity contribution in [1.82, 2.24) is 14.1 Å². The fraction of sp³-hybridized carbons (Fsp3) is 0.0862. The molecule has 8 aromatic carbocycles. The number of pyridine rings is 1. The first-order chi connectivity index (χ1) is 37.0. The molecule has 0 atom stereocenters. The molecule has 0 spiro atoms. The van der Waals surface area contributed by atoms with Crippen LogP contribution in [0.4, 0.5) is 11.4 Å². The zero-order valence-corrected chi connectivity index (χ0v) is 34.0. The summed E-state index contributed by atoms with van der Waals surface area (Å²) in [5, 5.41) is 6.79. The Morgan fingerprint density at radius 2 is 1.32 bits per heavy atom. The lowest BCUT2D eigenvalue weighted by Crippen LogP contribution is -2.15. The number of rotatable bonds is 5. The molecule has 5 nitrogen and oxygen atoms in total. The summed E-state index contributed by atoms with van der Waals surface area (Å²) in [6.07, 6.45) is 1.08. The average Bonchev–Trinajstić information content (AvgIpc) is 4.09. The summed E-state index contributed by atoms with van der Waals surface area (Å²) in [5.74, 6) is -0.0497. The maximum Gasteiger partial charge on any atom is 0.137 e. The maximum absolute atomic E-state index is 9.16. The largest absolute Gasteiger partial charge is 0.457 e. The number of aryl methyl sites for hydroxylation is 4. The number of fused-ring (bicyclic) bond motifs is 10. The van der Waals surface area contributed by atoms with Gasteiger partial charge in [-0.25, -0.2) is 4.98 Å². The monoisotopic (exact) mass is 827 g/mol. The molecule has 5 heteroatoms. The Labute approximate surface area is 387 Å². The van der Waals surface area contributed by atoms with Crippen molar-refractivity contribution in [2.45, 2.75) is 34.2 Å². The molecule has 0 fully saturated rings. The third-order valence-corrected chi connectivity index (χ3v) is 12.1. The van der Waals surface area contributed by atoms with Gasteiger partial charge >= 0.3 is 0 Å². The number of hydrogen-bond acceptors (Lipinski definition) is 3. The van der Waals surface area contributed by atoms with Crippen LogP contribution in [0, 0.1) is 27.6 Å². The normalized spacial score (nSPS) is 16.2. The number of benzene rings is 8. The Hall–Kier alpha value is -7.89. The fourth-order valence-corrected chi connectivity index (χ4v) is 9.28. The van der Waals surface area contributed by atoms with E-state index in [4.69, 9.17) is 25.3 Å². The summed E-state index contributed by atoms with van der Waals surface area (Å²) in [7, 11) is 0. The standard InChI is InChI=1S/C58H44N4O/c1-36-24-28-45-43-17-8-9-18-44(43)48-21-13-23-53-58(48)61(57-38(3)14-12-20-49(57)50(45)30-36)35-60(53)41-26-25-37(2)55(32-41)63-42-27-29-47-46-19-10-11-22-52(46)62(54(47)33-42)56-31-39(4)51(34-59-56)40-15-6-5-7-16-40/h5-34H,35H2,1-4H3/i2D3,4D3,5D,6D,7D,10D,11D,15D,16D,19D,22D. The smallest absolute Gasteiger partial charge is 0.137 e. The van der Waals surface area contributed by atoms with Gasteiger partial charge in [-0.3, -0.25) is 4.57 Å². The Balaban J connectivity index is 1.06. The highest BCUT2D eigenvalue weighted by molar-refractivity contribution is 6.21. The summed E-state index contributed by atoms with van der Waals surface area (Å²) < 4.78 is 140. The van der Waals surface area contributed by atoms with Gasteiger partial charge in [0.25, 0.3) is 0 Å². The highest BCUT2D eigenvalue weighted by Crippen LogP contribution is 2.45. The second kappa shape index (κ2) is 14.4. The molecule has 302 valence electrons. The van der Waals surface area contributed by atoms with Gasteiger partial charge in [0.2, 0.25) is 0 Å². The summed E-state index contributed by atoms with van der Waals surface area (Å²) in [6.45, 7) is -1.08. The molecule has 12 rings (SSSR count). The first-order valence-corrected chi connectivity index (χ1v) is 20.5. The van der Waals surface area contributed by atoms with Crippen molar-refractivity contribution in [1.29, 1.82) is 0 Å². The van der Waals surface area contributed by atoms with E-state index in [1.807, 2.05) is 18.2 Å². The van der Waals surface area contributed by atoms with Crippen LogP contribution in [0.5, 0.6) is 11.5 Å².